The van der Waals surface area contributed by atoms with Crippen molar-refractivity contribution in [3.8, 4) is 0 Å². The molecule has 5 nitrogen and oxygen atoms in total. The van der Waals surface area contributed by atoms with E-state index in [0.717, 1.165) is 32.4 Å². The number of hydrogen-bond acceptors (Lipinski definition) is 4. The second-order valence-corrected chi connectivity index (χ2v) is 6.03. The lowest BCUT2D eigenvalue weighted by molar-refractivity contribution is -0.128. The van der Waals surface area contributed by atoms with Crippen molar-refractivity contribution in [1.82, 2.24) is 5.32 Å². The summed E-state index contributed by atoms with van der Waals surface area (Å²) in [5.74, 6) is 0.282. The first-order valence-corrected chi connectivity index (χ1v) is 7.74. The minimum Gasteiger partial charge on any atom is -0.379 e. The molecule has 3 N–H and O–H groups in total. The van der Waals surface area contributed by atoms with Crippen LogP contribution in [0.15, 0.2) is 0 Å². The summed E-state index contributed by atoms with van der Waals surface area (Å²) in [4.78, 5) is 11.7. The topological polar surface area (TPSA) is 73.6 Å². The maximum Gasteiger partial charge on any atom is 0.237 e. The van der Waals surface area contributed by atoms with E-state index in [1.807, 2.05) is 6.92 Å². The molecular weight excluding hydrogens is 256 g/mol. The van der Waals surface area contributed by atoms with Gasteiger partial charge >= 0.3 is 0 Å². The maximum atomic E-state index is 11.7. The van der Waals surface area contributed by atoms with Gasteiger partial charge in [-0.3, -0.25) is 4.79 Å². The van der Waals surface area contributed by atoms with Crippen LogP contribution in [0.1, 0.15) is 46.5 Å². The Morgan fingerprint density at radius 1 is 1.45 bits per heavy atom. The molecule has 1 saturated carbocycles. The fraction of sp³-hybridized carbons (Fsp3) is 0.933. The van der Waals surface area contributed by atoms with E-state index in [0.29, 0.717) is 25.6 Å². The largest absolute Gasteiger partial charge is 0.379 e. The number of nitrogens with two attached hydrogens (primary N) is 1. The van der Waals surface area contributed by atoms with Crippen molar-refractivity contribution in [1.29, 1.82) is 0 Å². The molecule has 0 aromatic heterocycles. The van der Waals surface area contributed by atoms with Gasteiger partial charge in [0.25, 0.3) is 0 Å². The Bertz CT molecular complexity index is 293. The SMILES string of the molecule is CCNC1(C(N)=O)CCCC(OCCOCC(C)C)C1. The molecule has 0 bridgehead atoms. The molecule has 0 radical (unpaired) electrons. The highest BCUT2D eigenvalue weighted by atomic mass is 16.5. The molecule has 0 spiro atoms. The zero-order valence-electron chi connectivity index (χ0n) is 13.1. The molecule has 0 aromatic carbocycles. The number of likely N-dealkylation sites (N-methyl/N-ethyl adjacent to an activating group) is 1. The minimum atomic E-state index is -0.587. The van der Waals surface area contributed by atoms with Crippen molar-refractivity contribution < 1.29 is 14.3 Å². The molecule has 1 aliphatic rings. The van der Waals surface area contributed by atoms with Crippen LogP contribution in [0.5, 0.6) is 0 Å². The van der Waals surface area contributed by atoms with E-state index in [4.69, 9.17) is 15.2 Å². The number of amides is 1. The summed E-state index contributed by atoms with van der Waals surface area (Å²) in [5.41, 5.74) is 4.99. The first kappa shape index (κ1) is 17.4. The summed E-state index contributed by atoms with van der Waals surface area (Å²) in [5, 5.41) is 3.26. The number of carbonyl (C=O) groups excluding carboxylic acids is 1. The molecular formula is C15H30N2O3. The van der Waals surface area contributed by atoms with E-state index < -0.39 is 5.54 Å². The fourth-order valence-corrected chi connectivity index (χ4v) is 2.77. The van der Waals surface area contributed by atoms with Gasteiger partial charge in [0.2, 0.25) is 5.91 Å². The lowest BCUT2D eigenvalue weighted by Gasteiger charge is -2.39. The Balaban J connectivity index is 2.34. The van der Waals surface area contributed by atoms with Crippen molar-refractivity contribution in [3.05, 3.63) is 0 Å². The quantitative estimate of drug-likeness (QED) is 0.629. The molecule has 5 heteroatoms. The van der Waals surface area contributed by atoms with E-state index in [2.05, 4.69) is 19.2 Å². The van der Waals surface area contributed by atoms with E-state index >= 15 is 0 Å². The first-order valence-electron chi connectivity index (χ1n) is 7.74. The number of primary amides is 1. The molecule has 1 rings (SSSR count). The van der Waals surface area contributed by atoms with Gasteiger partial charge in [-0.05, 0) is 31.7 Å². The average Bonchev–Trinajstić information content (AvgIpc) is 2.38. The standard InChI is InChI=1S/C15H30N2O3/c1-4-17-15(14(16)18)7-5-6-13(10-15)20-9-8-19-11-12(2)3/h12-13,17H,4-11H2,1-3H3,(H2,16,18). The van der Waals surface area contributed by atoms with Gasteiger partial charge in [-0.2, -0.15) is 0 Å². The zero-order valence-corrected chi connectivity index (χ0v) is 13.1. The molecule has 0 aromatic rings. The highest BCUT2D eigenvalue weighted by Crippen LogP contribution is 2.30. The highest BCUT2D eigenvalue weighted by molar-refractivity contribution is 5.84. The van der Waals surface area contributed by atoms with E-state index in [-0.39, 0.29) is 12.0 Å². The second-order valence-electron chi connectivity index (χ2n) is 6.03. The summed E-state index contributed by atoms with van der Waals surface area (Å²) in [7, 11) is 0. The van der Waals surface area contributed by atoms with Gasteiger partial charge in [-0.1, -0.05) is 20.8 Å². The van der Waals surface area contributed by atoms with E-state index in [9.17, 15) is 4.79 Å². The van der Waals surface area contributed by atoms with Crippen molar-refractivity contribution in [2.45, 2.75) is 58.1 Å². The van der Waals surface area contributed by atoms with Crippen molar-refractivity contribution >= 4 is 5.91 Å². The molecule has 1 fully saturated rings. The highest BCUT2D eigenvalue weighted by Gasteiger charge is 2.40. The number of nitrogens with one attached hydrogen (secondary N) is 1. The van der Waals surface area contributed by atoms with Crippen LogP contribution in [0, 0.1) is 5.92 Å². The van der Waals surface area contributed by atoms with E-state index in [1.54, 1.807) is 0 Å². The third-order valence-corrected chi connectivity index (χ3v) is 3.73. The monoisotopic (exact) mass is 286 g/mol. The van der Waals surface area contributed by atoms with Crippen LogP contribution < -0.4 is 11.1 Å². The van der Waals surface area contributed by atoms with Gasteiger partial charge < -0.3 is 20.5 Å². The van der Waals surface area contributed by atoms with Crippen LogP contribution in [0.2, 0.25) is 0 Å². The molecule has 0 heterocycles. The predicted molar refractivity (Wildman–Crippen MR) is 79.5 cm³/mol. The van der Waals surface area contributed by atoms with Crippen molar-refractivity contribution in [2.24, 2.45) is 11.7 Å². The number of rotatable bonds is 9. The molecule has 20 heavy (non-hydrogen) atoms. The molecule has 1 aliphatic carbocycles. The summed E-state index contributed by atoms with van der Waals surface area (Å²) in [6.07, 6.45) is 3.52. The van der Waals surface area contributed by atoms with Crippen molar-refractivity contribution in [3.63, 3.8) is 0 Å². The number of hydrogen-bond donors (Lipinski definition) is 2. The third-order valence-electron chi connectivity index (χ3n) is 3.73. The van der Waals surface area contributed by atoms with Crippen LogP contribution in [-0.4, -0.2) is 43.9 Å². The maximum absolute atomic E-state index is 11.7. The second kappa shape index (κ2) is 8.60. The summed E-state index contributed by atoms with van der Waals surface area (Å²) < 4.78 is 11.3. The van der Waals surface area contributed by atoms with Crippen LogP contribution in [-0.2, 0) is 14.3 Å². The van der Waals surface area contributed by atoms with Gasteiger partial charge in [-0.25, -0.2) is 0 Å². The third kappa shape index (κ3) is 5.38. The smallest absolute Gasteiger partial charge is 0.237 e. The first-order chi connectivity index (χ1) is 9.50. The molecule has 2 atom stereocenters. The van der Waals surface area contributed by atoms with E-state index in [1.165, 1.54) is 0 Å². The van der Waals surface area contributed by atoms with Gasteiger partial charge in [0, 0.05) is 13.0 Å². The van der Waals surface area contributed by atoms with Gasteiger partial charge in [-0.15, -0.1) is 0 Å². The Morgan fingerprint density at radius 3 is 2.80 bits per heavy atom. The molecule has 1 amide bonds. The summed E-state index contributed by atoms with van der Waals surface area (Å²) in [6, 6.07) is 0. The zero-order chi connectivity index (χ0) is 15.0. The molecule has 0 aliphatic heterocycles. The minimum absolute atomic E-state index is 0.0953. The Hall–Kier alpha value is -0.650. The lowest BCUT2D eigenvalue weighted by atomic mass is 9.79. The number of carbonyl (C=O) groups is 1. The normalized spacial score (nSPS) is 26.9. The summed E-state index contributed by atoms with van der Waals surface area (Å²) in [6.45, 7) is 8.94. The van der Waals surface area contributed by atoms with Gasteiger partial charge in [0.15, 0.2) is 0 Å². The van der Waals surface area contributed by atoms with Crippen LogP contribution >= 0.6 is 0 Å². The van der Waals surface area contributed by atoms with Crippen LogP contribution in [0.25, 0.3) is 0 Å². The summed E-state index contributed by atoms with van der Waals surface area (Å²) >= 11 is 0. The Kier molecular flexibility index (Phi) is 7.48. The fourth-order valence-electron chi connectivity index (χ4n) is 2.77. The van der Waals surface area contributed by atoms with Crippen LogP contribution in [0.4, 0.5) is 0 Å². The van der Waals surface area contributed by atoms with Gasteiger partial charge in [0.05, 0.1) is 19.3 Å². The molecule has 0 saturated heterocycles. The molecule has 118 valence electrons. The molecule has 2 unspecified atom stereocenters. The van der Waals surface area contributed by atoms with Gasteiger partial charge in [0.1, 0.15) is 5.54 Å². The predicted octanol–water partition coefficient (Wildman–Crippen LogP) is 1.45. The van der Waals surface area contributed by atoms with Crippen LogP contribution in [0.3, 0.4) is 0 Å². The Morgan fingerprint density at radius 2 is 2.20 bits per heavy atom. The van der Waals surface area contributed by atoms with Crippen molar-refractivity contribution in [2.75, 3.05) is 26.4 Å². The average molecular weight is 286 g/mol. The lowest BCUT2D eigenvalue weighted by Crippen LogP contribution is -2.58. The Labute approximate surface area is 122 Å². The number of ether oxygens (including phenoxy) is 2.